The van der Waals surface area contributed by atoms with E-state index in [2.05, 4.69) is 17.6 Å². The van der Waals surface area contributed by atoms with Gasteiger partial charge in [-0.2, -0.15) is 0 Å². The molecule has 0 spiro atoms. The van der Waals surface area contributed by atoms with Gasteiger partial charge in [-0.25, -0.2) is 4.79 Å². The van der Waals surface area contributed by atoms with Gasteiger partial charge in [0.25, 0.3) is 5.91 Å². The fourth-order valence-corrected chi connectivity index (χ4v) is 3.20. The quantitative estimate of drug-likeness (QED) is 0.467. The first-order valence-electron chi connectivity index (χ1n) is 9.63. The summed E-state index contributed by atoms with van der Waals surface area (Å²) in [6, 6.07) is 17.9. The highest BCUT2D eigenvalue weighted by Gasteiger charge is 2.19. The summed E-state index contributed by atoms with van der Waals surface area (Å²) in [5.74, 6) is -0.204. The molecule has 6 heteroatoms. The Kier molecular flexibility index (Phi) is 7.09. The Balaban J connectivity index is 1.89. The second-order valence-corrected chi connectivity index (χ2v) is 7.02. The lowest BCUT2D eigenvalue weighted by Crippen LogP contribution is -2.28. The minimum atomic E-state index is -0.580. The van der Waals surface area contributed by atoms with Crippen molar-refractivity contribution in [2.24, 2.45) is 0 Å². The summed E-state index contributed by atoms with van der Waals surface area (Å²) in [5, 5.41) is 7.52. The van der Waals surface area contributed by atoms with Gasteiger partial charge in [0.15, 0.2) is 0 Å². The molecule has 3 aromatic carbocycles. The first-order valence-corrected chi connectivity index (χ1v) is 10.0. The zero-order valence-electron chi connectivity index (χ0n) is 16.2. The molecule has 0 atom stereocenters. The predicted molar refractivity (Wildman–Crippen MR) is 117 cm³/mol. The number of unbranched alkanes of at least 4 members (excludes halogenated alkanes) is 2. The van der Waals surface area contributed by atoms with E-state index >= 15 is 0 Å². The molecule has 0 aliphatic rings. The van der Waals surface area contributed by atoms with Gasteiger partial charge in [0.1, 0.15) is 5.75 Å². The Morgan fingerprint density at radius 2 is 1.72 bits per heavy atom. The number of ether oxygens (including phenoxy) is 1. The van der Waals surface area contributed by atoms with Crippen LogP contribution in [0.4, 0.5) is 10.5 Å². The Bertz CT molecular complexity index is 1020. The normalized spacial score (nSPS) is 10.6. The molecule has 3 aromatic rings. The maximum atomic E-state index is 13.1. The Morgan fingerprint density at radius 1 is 0.966 bits per heavy atom. The minimum absolute atomic E-state index is 0.196. The van der Waals surface area contributed by atoms with E-state index < -0.39 is 12.0 Å². The summed E-state index contributed by atoms with van der Waals surface area (Å²) in [7, 11) is 0. The van der Waals surface area contributed by atoms with Crippen LogP contribution >= 0.6 is 11.6 Å². The van der Waals surface area contributed by atoms with E-state index in [-0.39, 0.29) is 11.3 Å². The number of carbonyl (C=O) groups excluding carboxylic acids is 2. The van der Waals surface area contributed by atoms with Gasteiger partial charge in [0.2, 0.25) is 0 Å². The fraction of sp³-hybridized carbons (Fsp3) is 0.217. The molecule has 2 N–H and O–H groups in total. The zero-order valence-corrected chi connectivity index (χ0v) is 17.0. The van der Waals surface area contributed by atoms with Crippen LogP contribution < -0.4 is 15.4 Å². The molecule has 0 radical (unpaired) electrons. The van der Waals surface area contributed by atoms with Crippen LogP contribution in [0.1, 0.15) is 36.5 Å². The van der Waals surface area contributed by atoms with E-state index in [1.165, 1.54) is 0 Å². The highest BCUT2D eigenvalue weighted by molar-refractivity contribution is 6.34. The molecule has 5 nitrogen and oxygen atoms in total. The van der Waals surface area contributed by atoms with Crippen LogP contribution in [-0.4, -0.2) is 18.5 Å². The van der Waals surface area contributed by atoms with E-state index in [1.54, 1.807) is 30.3 Å². The summed E-state index contributed by atoms with van der Waals surface area (Å²) in [6.45, 7) is 2.62. The first-order chi connectivity index (χ1) is 14.1. The highest BCUT2D eigenvalue weighted by atomic mass is 35.5. The van der Waals surface area contributed by atoms with Gasteiger partial charge in [-0.05, 0) is 35.4 Å². The summed E-state index contributed by atoms with van der Waals surface area (Å²) >= 11 is 6.17. The molecule has 0 aliphatic carbocycles. The Labute approximate surface area is 175 Å². The predicted octanol–water partition coefficient (Wildman–Crippen LogP) is 6.02. The van der Waals surface area contributed by atoms with Crippen LogP contribution in [0.3, 0.4) is 0 Å². The topological polar surface area (TPSA) is 67.4 Å². The molecular weight excluding hydrogens is 388 g/mol. The van der Waals surface area contributed by atoms with Crippen LogP contribution in [0.25, 0.3) is 10.8 Å². The van der Waals surface area contributed by atoms with E-state index in [4.69, 9.17) is 16.3 Å². The third kappa shape index (κ3) is 5.27. The number of nitrogens with one attached hydrogen (secondary N) is 2. The average molecular weight is 411 g/mol. The van der Waals surface area contributed by atoms with Crippen molar-refractivity contribution in [1.29, 1.82) is 0 Å². The third-order valence-electron chi connectivity index (χ3n) is 4.49. The van der Waals surface area contributed by atoms with Crippen molar-refractivity contribution in [1.82, 2.24) is 5.32 Å². The van der Waals surface area contributed by atoms with Crippen molar-refractivity contribution in [3.05, 3.63) is 71.2 Å². The van der Waals surface area contributed by atoms with E-state index in [0.29, 0.717) is 22.6 Å². The monoisotopic (exact) mass is 410 g/mol. The van der Waals surface area contributed by atoms with Gasteiger partial charge in [-0.1, -0.05) is 73.8 Å². The first kappa shape index (κ1) is 20.7. The molecule has 0 bridgehead atoms. The molecule has 0 fully saturated rings. The minimum Gasteiger partial charge on any atom is -0.409 e. The maximum absolute atomic E-state index is 13.1. The second kappa shape index (κ2) is 9.94. The van der Waals surface area contributed by atoms with Gasteiger partial charge in [-0.15, -0.1) is 0 Å². The lowest BCUT2D eigenvalue weighted by Gasteiger charge is -2.14. The average Bonchev–Trinajstić information content (AvgIpc) is 2.72. The van der Waals surface area contributed by atoms with Crippen molar-refractivity contribution in [3.8, 4) is 5.75 Å². The Hall–Kier alpha value is -3.05. The van der Waals surface area contributed by atoms with Gasteiger partial charge in [0.05, 0.1) is 16.3 Å². The zero-order chi connectivity index (χ0) is 20.6. The van der Waals surface area contributed by atoms with Crippen molar-refractivity contribution in [2.45, 2.75) is 26.2 Å². The van der Waals surface area contributed by atoms with Crippen LogP contribution in [0.5, 0.6) is 5.75 Å². The number of hydrogen-bond acceptors (Lipinski definition) is 3. The van der Waals surface area contributed by atoms with Crippen molar-refractivity contribution in [3.63, 3.8) is 0 Å². The molecule has 2 amide bonds. The van der Waals surface area contributed by atoms with Crippen LogP contribution in [0, 0.1) is 0 Å². The highest BCUT2D eigenvalue weighted by Crippen LogP contribution is 2.30. The number of halogens is 1. The van der Waals surface area contributed by atoms with Crippen molar-refractivity contribution >= 4 is 40.1 Å². The SMILES string of the molecule is CCCCCNC(=O)Oc1ccc2ccccc2c1C(=O)Nc1ccccc1Cl. The second-order valence-electron chi connectivity index (χ2n) is 6.62. The molecular formula is C23H23ClN2O3. The van der Waals surface area contributed by atoms with E-state index in [0.717, 1.165) is 24.6 Å². The summed E-state index contributed by atoms with van der Waals surface area (Å²) in [5.41, 5.74) is 0.772. The number of fused-ring (bicyclic) bond motifs is 1. The van der Waals surface area contributed by atoms with Gasteiger partial charge < -0.3 is 15.4 Å². The summed E-state index contributed by atoms with van der Waals surface area (Å²) in [6.07, 6.45) is 2.39. The van der Waals surface area contributed by atoms with Gasteiger partial charge in [0, 0.05) is 6.54 Å². The molecule has 0 aromatic heterocycles. The molecule has 0 saturated carbocycles. The fourth-order valence-electron chi connectivity index (χ4n) is 3.02. The number of benzene rings is 3. The van der Waals surface area contributed by atoms with Crippen LogP contribution in [-0.2, 0) is 0 Å². The number of anilines is 1. The lowest BCUT2D eigenvalue weighted by atomic mass is 10.0. The number of amides is 2. The van der Waals surface area contributed by atoms with E-state index in [1.807, 2.05) is 30.3 Å². The molecule has 0 saturated heterocycles. The lowest BCUT2D eigenvalue weighted by molar-refractivity contribution is 0.102. The number of para-hydroxylation sites is 1. The summed E-state index contributed by atoms with van der Waals surface area (Å²) in [4.78, 5) is 25.3. The smallest absolute Gasteiger partial charge is 0.409 e. The largest absolute Gasteiger partial charge is 0.412 e. The number of carbonyl (C=O) groups is 2. The third-order valence-corrected chi connectivity index (χ3v) is 4.82. The molecule has 3 rings (SSSR count). The van der Waals surface area contributed by atoms with Crippen molar-refractivity contribution in [2.75, 3.05) is 11.9 Å². The van der Waals surface area contributed by atoms with Crippen LogP contribution in [0.15, 0.2) is 60.7 Å². The summed E-state index contributed by atoms with van der Waals surface area (Å²) < 4.78 is 5.48. The number of rotatable bonds is 7. The Morgan fingerprint density at radius 3 is 2.52 bits per heavy atom. The molecule has 0 unspecified atom stereocenters. The number of hydrogen-bond donors (Lipinski definition) is 2. The van der Waals surface area contributed by atoms with Crippen molar-refractivity contribution < 1.29 is 14.3 Å². The molecule has 0 heterocycles. The molecule has 150 valence electrons. The van der Waals surface area contributed by atoms with Gasteiger partial charge in [-0.3, -0.25) is 4.79 Å². The standard InChI is InChI=1S/C23H23ClN2O3/c1-2-3-8-15-25-23(28)29-20-14-13-16-9-4-5-10-17(16)21(20)22(27)26-19-12-7-6-11-18(19)24/h4-7,9-14H,2-3,8,15H2,1H3,(H,25,28)(H,26,27). The van der Waals surface area contributed by atoms with Gasteiger partial charge >= 0.3 is 6.09 Å². The van der Waals surface area contributed by atoms with Crippen LogP contribution in [0.2, 0.25) is 5.02 Å². The molecule has 29 heavy (non-hydrogen) atoms. The molecule has 0 aliphatic heterocycles. The van der Waals surface area contributed by atoms with E-state index in [9.17, 15) is 9.59 Å². The maximum Gasteiger partial charge on any atom is 0.412 e.